The van der Waals surface area contributed by atoms with Crippen LogP contribution in [-0.2, 0) is 6.54 Å². The lowest BCUT2D eigenvalue weighted by Gasteiger charge is -2.05. The van der Waals surface area contributed by atoms with Gasteiger partial charge in [0.15, 0.2) is 0 Å². The van der Waals surface area contributed by atoms with Crippen LogP contribution in [-0.4, -0.2) is 15.6 Å². The van der Waals surface area contributed by atoms with Crippen LogP contribution >= 0.6 is 38.5 Å². The van der Waals surface area contributed by atoms with Crippen molar-refractivity contribution in [2.75, 3.05) is 0 Å². The number of rotatable bonds is 3. The van der Waals surface area contributed by atoms with E-state index >= 15 is 0 Å². The van der Waals surface area contributed by atoms with E-state index in [4.69, 9.17) is 0 Å². The van der Waals surface area contributed by atoms with Crippen molar-refractivity contribution in [3.63, 3.8) is 0 Å². The highest BCUT2D eigenvalue weighted by molar-refractivity contribution is 14.1. The lowest BCUT2D eigenvalue weighted by atomic mass is 10.1. The van der Waals surface area contributed by atoms with Crippen molar-refractivity contribution in [1.82, 2.24) is 9.78 Å². The van der Waals surface area contributed by atoms with Crippen molar-refractivity contribution in [2.24, 2.45) is 0 Å². The number of halogens is 2. The number of hydrogen-bond donors (Lipinski definition) is 0. The summed E-state index contributed by atoms with van der Waals surface area (Å²) in [4.78, 5) is 12.3. The van der Waals surface area contributed by atoms with Gasteiger partial charge in [0.25, 0.3) is 0 Å². The van der Waals surface area contributed by atoms with Crippen LogP contribution in [0.1, 0.15) is 23.0 Å². The van der Waals surface area contributed by atoms with Crippen molar-refractivity contribution in [1.29, 1.82) is 0 Å². The van der Waals surface area contributed by atoms with Crippen LogP contribution in [0.2, 0.25) is 0 Å². The van der Waals surface area contributed by atoms with Gasteiger partial charge in [-0.1, -0.05) is 0 Å². The lowest BCUT2D eigenvalue weighted by Crippen LogP contribution is -2.11. The number of benzene rings is 1. The second-order valence-corrected chi connectivity index (χ2v) is 5.59. The summed E-state index contributed by atoms with van der Waals surface area (Å²) in [6.07, 6.45) is 1.66. The van der Waals surface area contributed by atoms with E-state index in [1.807, 2.05) is 31.2 Å². The van der Waals surface area contributed by atoms with Crippen LogP contribution in [0.25, 0.3) is 0 Å². The summed E-state index contributed by atoms with van der Waals surface area (Å²) in [5, 5.41) is 4.15. The average molecular weight is 405 g/mol. The number of aromatic nitrogens is 2. The molecule has 0 aliphatic carbocycles. The maximum Gasteiger partial charge on any atom is 0.212 e. The van der Waals surface area contributed by atoms with Crippen molar-refractivity contribution >= 4 is 44.3 Å². The van der Waals surface area contributed by atoms with Gasteiger partial charge in [-0.3, -0.25) is 9.48 Å². The molecule has 2 rings (SSSR count). The predicted octanol–water partition coefficient (Wildman–Crippen LogP) is 3.50. The third-order valence-corrected chi connectivity index (χ3v) is 3.72. The molecule has 0 saturated heterocycles. The summed E-state index contributed by atoms with van der Waals surface area (Å²) in [5.74, 6) is -0.00683. The van der Waals surface area contributed by atoms with E-state index in [2.05, 4.69) is 43.6 Å². The molecule has 0 amide bonds. The zero-order chi connectivity index (χ0) is 12.4. The maximum atomic E-state index is 12.3. The summed E-state index contributed by atoms with van der Waals surface area (Å²) < 4.78 is 3.55. The highest BCUT2D eigenvalue weighted by Crippen LogP contribution is 2.20. The lowest BCUT2D eigenvalue weighted by molar-refractivity contribution is 0.102. The van der Waals surface area contributed by atoms with Gasteiger partial charge in [-0.2, -0.15) is 5.10 Å². The fraction of sp³-hybridized carbons (Fsp3) is 0.167. The van der Waals surface area contributed by atoms with Crippen molar-refractivity contribution in [3.8, 4) is 0 Å². The predicted molar refractivity (Wildman–Crippen MR) is 78.2 cm³/mol. The van der Waals surface area contributed by atoms with E-state index in [0.717, 1.165) is 8.04 Å². The van der Waals surface area contributed by atoms with E-state index in [1.165, 1.54) is 0 Å². The topological polar surface area (TPSA) is 34.9 Å². The van der Waals surface area contributed by atoms with E-state index in [9.17, 15) is 4.79 Å². The molecule has 5 heteroatoms. The van der Waals surface area contributed by atoms with Crippen molar-refractivity contribution in [3.05, 3.63) is 49.8 Å². The average Bonchev–Trinajstić information content (AvgIpc) is 2.70. The minimum Gasteiger partial charge on any atom is -0.287 e. The van der Waals surface area contributed by atoms with Crippen LogP contribution in [0, 0.1) is 3.57 Å². The summed E-state index contributed by atoms with van der Waals surface area (Å²) >= 11 is 5.58. The van der Waals surface area contributed by atoms with E-state index in [0.29, 0.717) is 17.8 Å². The summed E-state index contributed by atoms with van der Waals surface area (Å²) in [7, 11) is 0. The quantitative estimate of drug-likeness (QED) is 0.579. The molecule has 3 nitrogen and oxygen atoms in total. The number of nitrogens with zero attached hydrogens (tertiary/aromatic N) is 2. The van der Waals surface area contributed by atoms with Crippen molar-refractivity contribution < 1.29 is 4.79 Å². The molecule has 0 bridgehead atoms. The summed E-state index contributed by atoms with van der Waals surface area (Å²) in [6, 6.07) is 7.52. The first-order chi connectivity index (χ1) is 8.13. The van der Waals surface area contributed by atoms with Gasteiger partial charge in [-0.15, -0.1) is 0 Å². The Bertz CT molecular complexity index is 548. The molecule has 0 atom stereocenters. The van der Waals surface area contributed by atoms with E-state index in [1.54, 1.807) is 10.9 Å². The minimum absolute atomic E-state index is 0.00683. The third-order valence-electron chi connectivity index (χ3n) is 2.42. The molecule has 0 fully saturated rings. The Hall–Kier alpha value is -0.690. The Labute approximate surface area is 121 Å². The number of carbonyl (C=O) groups excluding carboxylic acids is 1. The minimum atomic E-state index is -0.00683. The molecule has 0 saturated carbocycles. The number of ketones is 1. The van der Waals surface area contributed by atoms with Crippen LogP contribution in [0.15, 0.2) is 34.9 Å². The first-order valence-corrected chi connectivity index (χ1v) is 7.02. The second-order valence-electron chi connectivity index (χ2n) is 3.49. The van der Waals surface area contributed by atoms with Gasteiger partial charge in [-0.05, 0) is 69.7 Å². The van der Waals surface area contributed by atoms with Crippen LogP contribution < -0.4 is 0 Å². The van der Waals surface area contributed by atoms with Crippen LogP contribution in [0.4, 0.5) is 0 Å². The molecule has 17 heavy (non-hydrogen) atoms. The SMILES string of the molecule is CCn1ncc(Br)c1C(=O)c1ccc(I)cc1. The van der Waals surface area contributed by atoms with Crippen LogP contribution in [0.3, 0.4) is 0 Å². The normalized spacial score (nSPS) is 10.5. The summed E-state index contributed by atoms with van der Waals surface area (Å²) in [5.41, 5.74) is 1.29. The Kier molecular flexibility index (Phi) is 3.98. The fourth-order valence-electron chi connectivity index (χ4n) is 1.57. The largest absolute Gasteiger partial charge is 0.287 e. The van der Waals surface area contributed by atoms with Gasteiger partial charge >= 0.3 is 0 Å². The Morgan fingerprint density at radius 3 is 2.65 bits per heavy atom. The molecule has 0 radical (unpaired) electrons. The van der Waals surface area contributed by atoms with Gasteiger partial charge in [0, 0.05) is 15.7 Å². The summed E-state index contributed by atoms with van der Waals surface area (Å²) in [6.45, 7) is 2.64. The Morgan fingerprint density at radius 1 is 1.41 bits per heavy atom. The molecular formula is C12H10BrIN2O. The Balaban J connectivity index is 2.43. The first-order valence-electron chi connectivity index (χ1n) is 5.15. The molecule has 0 aliphatic heterocycles. The molecule has 0 unspecified atom stereocenters. The molecule has 0 aliphatic rings. The van der Waals surface area contributed by atoms with Gasteiger partial charge in [0.05, 0.1) is 10.7 Å². The highest BCUT2D eigenvalue weighted by Gasteiger charge is 2.17. The molecule has 2 aromatic rings. The fourth-order valence-corrected chi connectivity index (χ4v) is 2.40. The monoisotopic (exact) mass is 404 g/mol. The smallest absolute Gasteiger partial charge is 0.212 e. The molecule has 88 valence electrons. The van der Waals surface area contributed by atoms with E-state index < -0.39 is 0 Å². The Morgan fingerprint density at radius 2 is 2.06 bits per heavy atom. The molecule has 1 aromatic heterocycles. The van der Waals surface area contributed by atoms with Crippen LogP contribution in [0.5, 0.6) is 0 Å². The first kappa shape index (κ1) is 12.8. The molecule has 0 N–H and O–H groups in total. The molecule has 1 heterocycles. The standard InChI is InChI=1S/C12H10BrIN2O/c1-2-16-11(10(13)7-15-16)12(17)8-3-5-9(14)6-4-8/h3-7H,2H2,1H3. The highest BCUT2D eigenvalue weighted by atomic mass is 127. The second kappa shape index (κ2) is 5.30. The molecule has 0 spiro atoms. The van der Waals surface area contributed by atoms with Gasteiger partial charge in [0.1, 0.15) is 5.69 Å². The molecule has 1 aromatic carbocycles. The maximum absolute atomic E-state index is 12.3. The van der Waals surface area contributed by atoms with Gasteiger partial charge < -0.3 is 0 Å². The number of carbonyl (C=O) groups is 1. The molecular weight excluding hydrogens is 395 g/mol. The zero-order valence-corrected chi connectivity index (χ0v) is 12.9. The van der Waals surface area contributed by atoms with Gasteiger partial charge in [0.2, 0.25) is 5.78 Å². The van der Waals surface area contributed by atoms with E-state index in [-0.39, 0.29) is 5.78 Å². The van der Waals surface area contributed by atoms with Gasteiger partial charge in [-0.25, -0.2) is 0 Å². The zero-order valence-electron chi connectivity index (χ0n) is 9.15. The number of aryl methyl sites for hydroxylation is 1. The third kappa shape index (κ3) is 2.60. The number of hydrogen-bond acceptors (Lipinski definition) is 2. The van der Waals surface area contributed by atoms with Crippen molar-refractivity contribution in [2.45, 2.75) is 13.5 Å².